The van der Waals surface area contributed by atoms with E-state index in [9.17, 15) is 5.11 Å². The number of para-hydroxylation sites is 2. The van der Waals surface area contributed by atoms with Gasteiger partial charge in [-0.1, -0.05) is 12.1 Å². The minimum absolute atomic E-state index is 0.122. The summed E-state index contributed by atoms with van der Waals surface area (Å²) >= 11 is 0. The third-order valence-electron chi connectivity index (χ3n) is 1.73. The Morgan fingerprint density at radius 3 is 2.64 bits per heavy atom. The smallest absolute Gasteiger partial charge is 0.169 e. The van der Waals surface area contributed by atoms with E-state index in [0.717, 1.165) is 0 Å². The van der Waals surface area contributed by atoms with Gasteiger partial charge in [0.25, 0.3) is 0 Å². The number of rotatable bonds is 2. The monoisotopic (exact) mass is 187 g/mol. The summed E-state index contributed by atoms with van der Waals surface area (Å²) in [4.78, 5) is 3.90. The van der Waals surface area contributed by atoms with Crippen LogP contribution in [0.1, 0.15) is 0 Å². The summed E-state index contributed by atoms with van der Waals surface area (Å²) in [6, 6.07) is 10.4. The van der Waals surface area contributed by atoms with Crippen molar-refractivity contribution in [2.75, 3.05) is 0 Å². The fraction of sp³-hybridized carbons (Fsp3) is 0. The van der Waals surface area contributed by atoms with Crippen LogP contribution in [0.4, 0.5) is 0 Å². The van der Waals surface area contributed by atoms with E-state index >= 15 is 0 Å². The van der Waals surface area contributed by atoms with Crippen LogP contribution in [0.25, 0.3) is 0 Å². The van der Waals surface area contributed by atoms with E-state index in [1.165, 1.54) is 0 Å². The number of aromatic nitrogens is 1. The van der Waals surface area contributed by atoms with E-state index < -0.39 is 0 Å². The highest BCUT2D eigenvalue weighted by atomic mass is 16.5. The molecule has 0 saturated heterocycles. The molecule has 0 radical (unpaired) electrons. The van der Waals surface area contributed by atoms with Gasteiger partial charge in [-0.15, -0.1) is 0 Å². The number of hydrogen-bond acceptors (Lipinski definition) is 3. The third kappa shape index (κ3) is 1.82. The standard InChI is InChI=1S/C11H9NO2/c13-10-5-1-2-6-11(10)14-9-4-3-7-12-8-9/h1-8,13H. The van der Waals surface area contributed by atoms with Crippen LogP contribution in [0.5, 0.6) is 17.2 Å². The lowest BCUT2D eigenvalue weighted by molar-refractivity contribution is 0.410. The van der Waals surface area contributed by atoms with E-state index in [0.29, 0.717) is 11.5 Å². The van der Waals surface area contributed by atoms with Gasteiger partial charge in [0, 0.05) is 6.20 Å². The van der Waals surface area contributed by atoms with Gasteiger partial charge >= 0.3 is 0 Å². The highest BCUT2D eigenvalue weighted by molar-refractivity contribution is 5.40. The molecule has 0 fully saturated rings. The Morgan fingerprint density at radius 2 is 1.93 bits per heavy atom. The van der Waals surface area contributed by atoms with Gasteiger partial charge in [-0.25, -0.2) is 0 Å². The molecule has 0 bridgehead atoms. The van der Waals surface area contributed by atoms with E-state index in [4.69, 9.17) is 4.74 Å². The fourth-order valence-electron chi connectivity index (χ4n) is 1.08. The van der Waals surface area contributed by atoms with Crippen LogP contribution in [0.2, 0.25) is 0 Å². The zero-order chi connectivity index (χ0) is 9.80. The predicted molar refractivity (Wildman–Crippen MR) is 52.4 cm³/mol. The maximum absolute atomic E-state index is 9.43. The maximum Gasteiger partial charge on any atom is 0.169 e. The zero-order valence-corrected chi connectivity index (χ0v) is 7.42. The van der Waals surface area contributed by atoms with Gasteiger partial charge < -0.3 is 9.84 Å². The highest BCUT2D eigenvalue weighted by Gasteiger charge is 2.01. The number of nitrogens with zero attached hydrogens (tertiary/aromatic N) is 1. The SMILES string of the molecule is Oc1ccccc1Oc1cccnc1. The molecule has 0 aliphatic rings. The molecule has 3 nitrogen and oxygen atoms in total. The van der Waals surface area contributed by atoms with Crippen molar-refractivity contribution >= 4 is 0 Å². The van der Waals surface area contributed by atoms with E-state index in [1.807, 2.05) is 0 Å². The highest BCUT2D eigenvalue weighted by Crippen LogP contribution is 2.28. The van der Waals surface area contributed by atoms with Crippen LogP contribution in [0.3, 0.4) is 0 Å². The Bertz CT molecular complexity index is 415. The second-order valence-electron chi connectivity index (χ2n) is 2.76. The summed E-state index contributed by atoms with van der Waals surface area (Å²) in [6.07, 6.45) is 3.25. The van der Waals surface area contributed by atoms with Gasteiger partial charge in [0.1, 0.15) is 5.75 Å². The summed E-state index contributed by atoms with van der Waals surface area (Å²) in [5.74, 6) is 1.16. The first-order valence-corrected chi connectivity index (χ1v) is 4.22. The van der Waals surface area contributed by atoms with Gasteiger partial charge in [-0.05, 0) is 24.3 Å². The molecule has 1 N–H and O–H groups in total. The molecule has 1 aromatic heterocycles. The van der Waals surface area contributed by atoms with Crippen LogP contribution < -0.4 is 4.74 Å². The van der Waals surface area contributed by atoms with Gasteiger partial charge in [0.05, 0.1) is 6.20 Å². The van der Waals surface area contributed by atoms with Crippen molar-refractivity contribution in [3.63, 3.8) is 0 Å². The van der Waals surface area contributed by atoms with Crippen molar-refractivity contribution in [3.8, 4) is 17.2 Å². The third-order valence-corrected chi connectivity index (χ3v) is 1.73. The molecule has 0 aliphatic heterocycles. The molecule has 2 rings (SSSR count). The van der Waals surface area contributed by atoms with Crippen LogP contribution in [0.15, 0.2) is 48.8 Å². The van der Waals surface area contributed by atoms with E-state index in [1.54, 1.807) is 48.8 Å². The molecule has 0 saturated carbocycles. The second-order valence-corrected chi connectivity index (χ2v) is 2.76. The minimum atomic E-state index is 0.122. The Kier molecular flexibility index (Phi) is 2.32. The molecule has 0 aliphatic carbocycles. The molecule has 0 unspecified atom stereocenters. The lowest BCUT2D eigenvalue weighted by Gasteiger charge is -2.05. The number of ether oxygens (including phenoxy) is 1. The molecule has 0 spiro atoms. The number of benzene rings is 1. The Balaban J connectivity index is 2.24. The molecule has 3 heteroatoms. The zero-order valence-electron chi connectivity index (χ0n) is 7.42. The van der Waals surface area contributed by atoms with Crippen molar-refractivity contribution in [3.05, 3.63) is 48.8 Å². The topological polar surface area (TPSA) is 42.4 Å². The first kappa shape index (κ1) is 8.56. The molecule has 0 atom stereocenters. The average Bonchev–Trinajstić information content (AvgIpc) is 2.23. The quantitative estimate of drug-likeness (QED) is 0.785. The van der Waals surface area contributed by atoms with Crippen LogP contribution in [-0.2, 0) is 0 Å². The number of hydrogen-bond donors (Lipinski definition) is 1. The van der Waals surface area contributed by atoms with Crippen molar-refractivity contribution < 1.29 is 9.84 Å². The lowest BCUT2D eigenvalue weighted by Crippen LogP contribution is -1.84. The molecule has 0 amide bonds. The Hall–Kier alpha value is -2.03. The van der Waals surface area contributed by atoms with Crippen LogP contribution in [-0.4, -0.2) is 10.1 Å². The Morgan fingerprint density at radius 1 is 1.07 bits per heavy atom. The van der Waals surface area contributed by atoms with Gasteiger partial charge in [0.2, 0.25) is 0 Å². The molecule has 1 aromatic carbocycles. The first-order valence-electron chi connectivity index (χ1n) is 4.22. The van der Waals surface area contributed by atoms with Gasteiger partial charge in [0.15, 0.2) is 11.5 Å². The second kappa shape index (κ2) is 3.79. The lowest BCUT2D eigenvalue weighted by atomic mass is 10.3. The number of phenols is 1. The largest absolute Gasteiger partial charge is 0.504 e. The predicted octanol–water partition coefficient (Wildman–Crippen LogP) is 2.58. The van der Waals surface area contributed by atoms with Gasteiger partial charge in [-0.2, -0.15) is 0 Å². The number of phenolic OH excluding ortho intramolecular Hbond substituents is 1. The first-order chi connectivity index (χ1) is 6.86. The summed E-state index contributed by atoms with van der Waals surface area (Å²) < 4.78 is 5.40. The summed E-state index contributed by atoms with van der Waals surface area (Å²) in [7, 11) is 0. The van der Waals surface area contributed by atoms with Crippen LogP contribution in [0, 0.1) is 0 Å². The van der Waals surface area contributed by atoms with E-state index in [-0.39, 0.29) is 5.75 Å². The maximum atomic E-state index is 9.43. The fourth-order valence-corrected chi connectivity index (χ4v) is 1.08. The van der Waals surface area contributed by atoms with E-state index in [2.05, 4.69) is 4.98 Å². The summed E-state index contributed by atoms with van der Waals surface area (Å²) in [5, 5.41) is 9.43. The van der Waals surface area contributed by atoms with Crippen molar-refractivity contribution in [1.29, 1.82) is 0 Å². The molecule has 2 aromatic rings. The molecule has 14 heavy (non-hydrogen) atoms. The van der Waals surface area contributed by atoms with Crippen molar-refractivity contribution in [2.45, 2.75) is 0 Å². The molecule has 70 valence electrons. The van der Waals surface area contributed by atoms with Crippen molar-refractivity contribution in [1.82, 2.24) is 4.98 Å². The number of pyridine rings is 1. The average molecular weight is 187 g/mol. The minimum Gasteiger partial charge on any atom is -0.504 e. The molecule has 1 heterocycles. The van der Waals surface area contributed by atoms with Crippen molar-refractivity contribution in [2.24, 2.45) is 0 Å². The summed E-state index contributed by atoms with van der Waals surface area (Å²) in [6.45, 7) is 0. The Labute approximate surface area is 81.6 Å². The summed E-state index contributed by atoms with van der Waals surface area (Å²) in [5.41, 5.74) is 0. The van der Waals surface area contributed by atoms with Gasteiger partial charge in [-0.3, -0.25) is 4.98 Å². The normalized spacial score (nSPS) is 9.71. The number of aromatic hydroxyl groups is 1. The molecular weight excluding hydrogens is 178 g/mol. The molecular formula is C11H9NO2. The van der Waals surface area contributed by atoms with Crippen LogP contribution >= 0.6 is 0 Å².